The zero-order chi connectivity index (χ0) is 24.4. The zero-order valence-electron chi connectivity index (χ0n) is 20.7. The van der Waals surface area contributed by atoms with Crippen molar-refractivity contribution in [1.82, 2.24) is 14.8 Å². The highest BCUT2D eigenvalue weighted by molar-refractivity contribution is 7.22. The number of carbonyl (C=O) groups is 1. The Morgan fingerprint density at radius 1 is 1.26 bits per heavy atom. The Morgan fingerprint density at radius 2 is 2.00 bits per heavy atom. The Labute approximate surface area is 204 Å². The number of fused-ring (bicyclic) bond motifs is 3. The van der Waals surface area contributed by atoms with E-state index in [1.807, 2.05) is 24.3 Å². The molecule has 1 aliphatic rings. The molecule has 34 heavy (non-hydrogen) atoms. The monoisotopic (exact) mass is 485 g/mol. The second-order valence-corrected chi connectivity index (χ2v) is 10.5. The molecule has 7 nitrogen and oxygen atoms in total. The first-order chi connectivity index (χ1) is 16.3. The number of nitrogens with one attached hydrogen (secondary N) is 1. The molecule has 184 valence electrons. The number of carbonyl (C=O) groups excluding carboxylic acids is 1. The van der Waals surface area contributed by atoms with Gasteiger partial charge in [-0.2, -0.15) is 0 Å². The first-order valence-corrected chi connectivity index (χ1v) is 12.9. The molecule has 0 radical (unpaired) electrons. The van der Waals surface area contributed by atoms with E-state index in [4.69, 9.17) is 9.47 Å². The summed E-state index contributed by atoms with van der Waals surface area (Å²) in [7, 11) is 1.76. The molecule has 1 N–H and O–H groups in total. The lowest BCUT2D eigenvalue weighted by molar-refractivity contribution is 0.0677. The zero-order valence-corrected chi connectivity index (χ0v) is 21.5. The molecule has 0 saturated carbocycles. The number of ether oxygens (including phenoxy) is 2. The number of nitrogens with zero attached hydrogens (tertiary/aromatic N) is 2. The van der Waals surface area contributed by atoms with Crippen LogP contribution in [0.1, 0.15) is 50.2 Å². The summed E-state index contributed by atoms with van der Waals surface area (Å²) >= 11 is 1.33. The molecule has 1 aliphatic heterocycles. The SMILES string of the molecule is CC(C)N(CCNC(=O)c1sc2c(c1OCC1CCCO1)c(=O)n(C)c1ccccc21)C(C)C. The maximum absolute atomic E-state index is 13.4. The number of rotatable bonds is 9. The molecule has 1 unspecified atom stereocenters. The van der Waals surface area contributed by atoms with Crippen LogP contribution in [0.25, 0.3) is 21.0 Å². The molecular weight excluding hydrogens is 450 g/mol. The fourth-order valence-electron chi connectivity index (χ4n) is 4.77. The van der Waals surface area contributed by atoms with Crippen molar-refractivity contribution in [3.8, 4) is 5.75 Å². The number of hydrogen-bond acceptors (Lipinski definition) is 6. The van der Waals surface area contributed by atoms with E-state index >= 15 is 0 Å². The Hall–Kier alpha value is -2.42. The van der Waals surface area contributed by atoms with Crippen LogP contribution in [0.4, 0.5) is 0 Å². The van der Waals surface area contributed by atoms with Crippen molar-refractivity contribution in [1.29, 1.82) is 0 Å². The quantitative estimate of drug-likeness (QED) is 0.493. The number of benzene rings is 1. The fraction of sp³-hybridized carbons (Fsp3) is 0.538. The lowest BCUT2D eigenvalue weighted by Crippen LogP contribution is -2.42. The van der Waals surface area contributed by atoms with Crippen LogP contribution < -0.4 is 15.6 Å². The molecule has 1 fully saturated rings. The largest absolute Gasteiger partial charge is 0.488 e. The van der Waals surface area contributed by atoms with Crippen LogP contribution in [0.2, 0.25) is 0 Å². The number of aryl methyl sites for hydroxylation is 1. The summed E-state index contributed by atoms with van der Waals surface area (Å²) in [6, 6.07) is 8.56. The molecule has 0 spiro atoms. The Bertz CT molecular complexity index is 1220. The summed E-state index contributed by atoms with van der Waals surface area (Å²) in [5.41, 5.74) is 0.681. The highest BCUT2D eigenvalue weighted by atomic mass is 32.1. The Kier molecular flexibility index (Phi) is 7.60. The lowest BCUT2D eigenvalue weighted by Gasteiger charge is -2.30. The molecule has 1 saturated heterocycles. The van der Waals surface area contributed by atoms with E-state index in [1.165, 1.54) is 11.3 Å². The van der Waals surface area contributed by atoms with E-state index in [2.05, 4.69) is 37.9 Å². The first kappa shape index (κ1) is 24.7. The molecule has 1 atom stereocenters. The van der Waals surface area contributed by atoms with Gasteiger partial charge in [0, 0.05) is 44.2 Å². The minimum absolute atomic E-state index is 0.0131. The second kappa shape index (κ2) is 10.5. The fourth-order valence-corrected chi connectivity index (χ4v) is 5.95. The predicted molar refractivity (Wildman–Crippen MR) is 138 cm³/mol. The van der Waals surface area contributed by atoms with Crippen LogP contribution in [0.3, 0.4) is 0 Å². The van der Waals surface area contributed by atoms with E-state index < -0.39 is 0 Å². The number of thiophene rings is 1. The molecule has 4 rings (SSSR count). The van der Waals surface area contributed by atoms with Gasteiger partial charge in [0.15, 0.2) is 5.75 Å². The van der Waals surface area contributed by atoms with E-state index in [9.17, 15) is 9.59 Å². The smallest absolute Gasteiger partial charge is 0.265 e. The summed E-state index contributed by atoms with van der Waals surface area (Å²) < 4.78 is 14.3. The number of para-hydroxylation sites is 1. The van der Waals surface area contributed by atoms with Crippen LogP contribution in [0, 0.1) is 0 Å². The van der Waals surface area contributed by atoms with Gasteiger partial charge in [0.05, 0.1) is 16.3 Å². The maximum Gasteiger partial charge on any atom is 0.265 e. The molecule has 2 aromatic heterocycles. The highest BCUT2D eigenvalue weighted by Gasteiger charge is 2.26. The average molecular weight is 486 g/mol. The normalized spacial score (nSPS) is 16.4. The summed E-state index contributed by atoms with van der Waals surface area (Å²) in [6.45, 7) is 11.0. The third-order valence-corrected chi connectivity index (χ3v) is 7.72. The standard InChI is InChI=1S/C26H35N3O4S/c1-16(2)29(17(3)4)13-12-27-25(30)24-22(33-15-18-9-8-14-32-18)21-23(34-24)19-10-6-7-11-20(19)28(5)26(21)31/h6-7,10-11,16-18H,8-9,12-15H2,1-5H3,(H,27,30). The van der Waals surface area contributed by atoms with Crippen LogP contribution in [0.5, 0.6) is 5.75 Å². The van der Waals surface area contributed by atoms with Crippen molar-refractivity contribution in [2.75, 3.05) is 26.3 Å². The van der Waals surface area contributed by atoms with Gasteiger partial charge in [0.2, 0.25) is 0 Å². The van der Waals surface area contributed by atoms with Gasteiger partial charge in [-0.1, -0.05) is 18.2 Å². The van der Waals surface area contributed by atoms with E-state index in [0.717, 1.165) is 41.6 Å². The van der Waals surface area contributed by atoms with Gasteiger partial charge in [-0.05, 0) is 46.6 Å². The van der Waals surface area contributed by atoms with Gasteiger partial charge < -0.3 is 19.4 Å². The molecule has 1 aromatic carbocycles. The molecule has 8 heteroatoms. The predicted octanol–water partition coefficient (Wildman–Crippen LogP) is 4.16. The third-order valence-electron chi connectivity index (χ3n) is 6.52. The highest BCUT2D eigenvalue weighted by Crippen LogP contribution is 2.39. The minimum atomic E-state index is -0.206. The number of pyridine rings is 1. The van der Waals surface area contributed by atoms with Crippen LogP contribution in [0.15, 0.2) is 29.1 Å². The lowest BCUT2D eigenvalue weighted by atomic mass is 10.1. The molecule has 0 aliphatic carbocycles. The van der Waals surface area contributed by atoms with Crippen molar-refractivity contribution in [3.63, 3.8) is 0 Å². The second-order valence-electron chi connectivity index (χ2n) is 9.47. The number of amides is 1. The van der Waals surface area contributed by atoms with Gasteiger partial charge in [-0.3, -0.25) is 14.5 Å². The molecule has 3 aromatic rings. The van der Waals surface area contributed by atoms with Crippen molar-refractivity contribution < 1.29 is 14.3 Å². The molecule has 1 amide bonds. The van der Waals surface area contributed by atoms with Crippen LogP contribution >= 0.6 is 11.3 Å². The summed E-state index contributed by atoms with van der Waals surface area (Å²) in [4.78, 5) is 29.5. The Balaban J connectivity index is 1.70. The minimum Gasteiger partial charge on any atom is -0.488 e. The van der Waals surface area contributed by atoms with E-state index in [1.54, 1.807) is 11.6 Å². The van der Waals surface area contributed by atoms with Crippen LogP contribution in [-0.2, 0) is 11.8 Å². The van der Waals surface area contributed by atoms with Gasteiger partial charge in [-0.25, -0.2) is 0 Å². The third kappa shape index (κ3) is 4.85. The van der Waals surface area contributed by atoms with Gasteiger partial charge in [0.25, 0.3) is 11.5 Å². The van der Waals surface area contributed by atoms with Crippen LogP contribution in [-0.4, -0.2) is 59.9 Å². The van der Waals surface area contributed by atoms with Crippen molar-refractivity contribution in [2.24, 2.45) is 7.05 Å². The van der Waals surface area contributed by atoms with Crippen molar-refractivity contribution >= 4 is 38.2 Å². The molecular formula is C26H35N3O4S. The first-order valence-electron chi connectivity index (χ1n) is 12.1. The Morgan fingerprint density at radius 3 is 2.68 bits per heavy atom. The average Bonchev–Trinajstić information content (AvgIpc) is 3.46. The molecule has 0 bridgehead atoms. The summed E-state index contributed by atoms with van der Waals surface area (Å²) in [6.07, 6.45) is 1.91. The van der Waals surface area contributed by atoms with Crippen molar-refractivity contribution in [2.45, 2.75) is 58.7 Å². The summed E-state index contributed by atoms with van der Waals surface area (Å²) in [5, 5.41) is 4.47. The van der Waals surface area contributed by atoms with Gasteiger partial charge >= 0.3 is 0 Å². The number of hydrogen-bond donors (Lipinski definition) is 1. The van der Waals surface area contributed by atoms with Crippen molar-refractivity contribution in [3.05, 3.63) is 39.5 Å². The summed E-state index contributed by atoms with van der Waals surface area (Å²) in [5.74, 6) is 0.172. The molecule has 3 heterocycles. The number of aromatic nitrogens is 1. The maximum atomic E-state index is 13.4. The topological polar surface area (TPSA) is 72.8 Å². The van der Waals surface area contributed by atoms with Gasteiger partial charge in [-0.15, -0.1) is 11.3 Å². The van der Waals surface area contributed by atoms with E-state index in [-0.39, 0.29) is 17.6 Å². The van der Waals surface area contributed by atoms with Gasteiger partial charge in [0.1, 0.15) is 16.9 Å². The van der Waals surface area contributed by atoms with E-state index in [0.29, 0.717) is 41.2 Å².